The summed E-state index contributed by atoms with van der Waals surface area (Å²) in [7, 11) is -4.64. The monoisotopic (exact) mass is 481 g/mol. The number of amidine groups is 1. The first-order chi connectivity index (χ1) is 15.3. The van der Waals surface area contributed by atoms with E-state index in [2.05, 4.69) is 58.3 Å². The molecule has 2 aromatic rings. The summed E-state index contributed by atoms with van der Waals surface area (Å²) in [5, 5.41) is 8.79. The van der Waals surface area contributed by atoms with Gasteiger partial charge in [-0.3, -0.25) is 4.90 Å². The minimum Gasteiger partial charge on any atom is -0.394 e. The molecule has 2 aromatic carbocycles. The number of phosphoric acid groups is 1. The zero-order valence-electron chi connectivity index (χ0n) is 17.6. The van der Waals surface area contributed by atoms with Crippen LogP contribution in [0.5, 0.6) is 0 Å². The summed E-state index contributed by atoms with van der Waals surface area (Å²) in [5.41, 5.74) is 2.27. The highest BCUT2D eigenvalue weighted by Crippen LogP contribution is 2.40. The van der Waals surface area contributed by atoms with Crippen molar-refractivity contribution in [1.29, 1.82) is 0 Å². The fraction of sp³-hybridized carbons (Fsp3) is 0.381. The minimum atomic E-state index is -4.64. The van der Waals surface area contributed by atoms with Gasteiger partial charge < -0.3 is 29.4 Å². The molecule has 174 valence electrons. The Bertz CT molecular complexity index is 954. The second-order valence-corrected chi connectivity index (χ2v) is 9.29. The molecular weight excluding hydrogens is 453 g/mol. The molecule has 2 aliphatic heterocycles. The molecule has 0 spiro atoms. The molecule has 0 radical (unpaired) electrons. The van der Waals surface area contributed by atoms with E-state index in [1.54, 1.807) is 11.8 Å². The first-order valence-corrected chi connectivity index (χ1v) is 12.6. The van der Waals surface area contributed by atoms with Crippen LogP contribution in [0.2, 0.25) is 0 Å². The van der Waals surface area contributed by atoms with Crippen LogP contribution >= 0.6 is 19.6 Å². The van der Waals surface area contributed by atoms with Crippen LogP contribution in [-0.4, -0.2) is 88.0 Å². The maximum Gasteiger partial charge on any atom is 0.466 e. The van der Waals surface area contributed by atoms with E-state index < -0.39 is 7.82 Å². The zero-order valence-corrected chi connectivity index (χ0v) is 19.3. The summed E-state index contributed by atoms with van der Waals surface area (Å²) in [6.07, 6.45) is 0. The van der Waals surface area contributed by atoms with Gasteiger partial charge in [0.15, 0.2) is 0 Å². The number of piperazine rings is 1. The van der Waals surface area contributed by atoms with Crippen LogP contribution in [0.1, 0.15) is 5.56 Å². The highest BCUT2D eigenvalue weighted by Gasteiger charge is 2.24. The van der Waals surface area contributed by atoms with E-state index in [1.807, 2.05) is 0 Å². The molecule has 32 heavy (non-hydrogen) atoms. The third-order valence-electron chi connectivity index (χ3n) is 4.90. The second kappa shape index (κ2) is 11.9. The van der Waals surface area contributed by atoms with Crippen molar-refractivity contribution < 1.29 is 29.1 Å². The van der Waals surface area contributed by atoms with Crippen molar-refractivity contribution in [3.05, 3.63) is 54.1 Å². The summed E-state index contributed by atoms with van der Waals surface area (Å²) in [4.78, 5) is 33.9. The molecule has 2 heterocycles. The molecule has 0 aromatic heterocycles. The Balaban J connectivity index is 0.000000523. The minimum absolute atomic E-state index is 0.0898. The van der Waals surface area contributed by atoms with Gasteiger partial charge in [-0.1, -0.05) is 42.1 Å². The Hall–Kier alpha value is -1.75. The molecular formula is C21H28N3O6PS. The van der Waals surface area contributed by atoms with Gasteiger partial charge in [-0.2, -0.15) is 0 Å². The van der Waals surface area contributed by atoms with Gasteiger partial charge >= 0.3 is 7.82 Å². The van der Waals surface area contributed by atoms with Crippen molar-refractivity contribution in [2.75, 3.05) is 52.5 Å². The third-order valence-corrected chi connectivity index (χ3v) is 6.04. The van der Waals surface area contributed by atoms with Gasteiger partial charge in [-0.15, -0.1) is 0 Å². The molecule has 0 aliphatic carbocycles. The number of aliphatic imine (C=N–C) groups is 1. The topological polar surface area (TPSA) is 126 Å². The van der Waals surface area contributed by atoms with Crippen LogP contribution in [0.25, 0.3) is 0 Å². The summed E-state index contributed by atoms with van der Waals surface area (Å²) >= 11 is 1.80. The first kappa shape index (κ1) is 24.9. The van der Waals surface area contributed by atoms with Crippen LogP contribution in [0.3, 0.4) is 0 Å². The fourth-order valence-electron chi connectivity index (χ4n) is 3.45. The van der Waals surface area contributed by atoms with E-state index >= 15 is 0 Å². The lowest BCUT2D eigenvalue weighted by molar-refractivity contribution is 0.0652. The Morgan fingerprint density at radius 1 is 0.938 bits per heavy atom. The second-order valence-electron chi connectivity index (χ2n) is 7.18. The number of para-hydroxylation sites is 1. The number of hydrogen-bond donors (Lipinski definition) is 4. The van der Waals surface area contributed by atoms with Crippen LogP contribution < -0.4 is 0 Å². The molecule has 2 aliphatic rings. The molecule has 1 saturated heterocycles. The van der Waals surface area contributed by atoms with Crippen molar-refractivity contribution in [3.8, 4) is 0 Å². The summed E-state index contributed by atoms with van der Waals surface area (Å²) in [6, 6.07) is 16.9. The molecule has 4 rings (SSSR count). The third kappa shape index (κ3) is 7.68. The van der Waals surface area contributed by atoms with Crippen LogP contribution in [0.4, 0.5) is 5.69 Å². The Kier molecular flexibility index (Phi) is 9.27. The quantitative estimate of drug-likeness (QED) is 0.374. The van der Waals surface area contributed by atoms with Crippen molar-refractivity contribution in [3.63, 3.8) is 0 Å². The van der Waals surface area contributed by atoms with Gasteiger partial charge in [-0.25, -0.2) is 9.56 Å². The van der Waals surface area contributed by atoms with Crippen LogP contribution in [0.15, 0.2) is 63.3 Å². The normalized spacial score (nSPS) is 16.2. The standard InChI is InChI=1S/C21H25N3O2S.H3O4P/c25-14-16-26-15-13-23-9-11-24(12-10-23)21-17-5-1-3-7-19(17)27-20-8-4-2-6-18(20)22-21;1-5(2,3)4/h1-8,25H,9-16H2;(H3,1,2,3,4). The zero-order chi connectivity index (χ0) is 23.0. The molecule has 0 saturated carbocycles. The maximum atomic E-state index is 8.88. The molecule has 9 nitrogen and oxygen atoms in total. The van der Waals surface area contributed by atoms with Gasteiger partial charge in [0, 0.05) is 48.1 Å². The van der Waals surface area contributed by atoms with E-state index in [4.69, 9.17) is 34.1 Å². The molecule has 0 amide bonds. The van der Waals surface area contributed by atoms with E-state index in [-0.39, 0.29) is 6.61 Å². The van der Waals surface area contributed by atoms with E-state index in [0.29, 0.717) is 13.2 Å². The van der Waals surface area contributed by atoms with Crippen LogP contribution in [-0.2, 0) is 9.30 Å². The SMILES string of the molecule is O=P(O)(O)O.OCCOCCN1CCN(C2=Nc3ccccc3Sc3ccccc32)CC1. The predicted octanol–water partition coefficient (Wildman–Crippen LogP) is 1.93. The molecule has 0 bridgehead atoms. The van der Waals surface area contributed by atoms with E-state index in [9.17, 15) is 0 Å². The van der Waals surface area contributed by atoms with Gasteiger partial charge in [0.1, 0.15) is 5.84 Å². The average Bonchev–Trinajstić information content (AvgIpc) is 2.93. The van der Waals surface area contributed by atoms with E-state index in [1.165, 1.54) is 15.4 Å². The lowest BCUT2D eigenvalue weighted by atomic mass is 10.1. The van der Waals surface area contributed by atoms with Crippen molar-refractivity contribution in [1.82, 2.24) is 9.80 Å². The number of benzene rings is 2. The van der Waals surface area contributed by atoms with E-state index in [0.717, 1.165) is 44.2 Å². The number of nitrogens with zero attached hydrogens (tertiary/aromatic N) is 3. The Morgan fingerprint density at radius 3 is 2.25 bits per heavy atom. The van der Waals surface area contributed by atoms with Crippen LogP contribution in [0, 0.1) is 0 Å². The predicted molar refractivity (Wildman–Crippen MR) is 123 cm³/mol. The van der Waals surface area contributed by atoms with Crippen molar-refractivity contribution >= 4 is 31.1 Å². The number of hydrogen-bond acceptors (Lipinski definition) is 7. The van der Waals surface area contributed by atoms with Gasteiger partial charge in [0.2, 0.25) is 0 Å². The largest absolute Gasteiger partial charge is 0.466 e. The Morgan fingerprint density at radius 2 is 1.56 bits per heavy atom. The maximum absolute atomic E-state index is 8.88. The number of aliphatic hydroxyl groups excluding tert-OH is 1. The number of aliphatic hydroxyl groups is 1. The smallest absolute Gasteiger partial charge is 0.394 e. The molecule has 0 atom stereocenters. The highest BCUT2D eigenvalue weighted by atomic mass is 32.2. The Labute approximate surface area is 191 Å². The molecule has 0 unspecified atom stereocenters. The summed E-state index contributed by atoms with van der Waals surface area (Å²) in [6.45, 7) is 6.01. The fourth-order valence-corrected chi connectivity index (χ4v) is 4.47. The lowest BCUT2D eigenvalue weighted by Gasteiger charge is -2.36. The lowest BCUT2D eigenvalue weighted by Crippen LogP contribution is -2.49. The van der Waals surface area contributed by atoms with Crippen molar-refractivity contribution in [2.24, 2.45) is 4.99 Å². The first-order valence-electron chi connectivity index (χ1n) is 10.2. The number of fused-ring (bicyclic) bond motifs is 2. The van der Waals surface area contributed by atoms with Crippen molar-refractivity contribution in [2.45, 2.75) is 9.79 Å². The molecule has 11 heteroatoms. The summed E-state index contributed by atoms with van der Waals surface area (Å²) < 4.78 is 14.3. The molecule has 4 N–H and O–H groups in total. The van der Waals surface area contributed by atoms with Gasteiger partial charge in [0.05, 0.1) is 25.5 Å². The highest BCUT2D eigenvalue weighted by molar-refractivity contribution is 7.99. The number of ether oxygens (including phenoxy) is 1. The number of rotatable bonds is 5. The summed E-state index contributed by atoms with van der Waals surface area (Å²) in [5.74, 6) is 1.08. The molecule has 1 fully saturated rings. The van der Waals surface area contributed by atoms with Gasteiger partial charge in [0.25, 0.3) is 0 Å². The van der Waals surface area contributed by atoms with Gasteiger partial charge in [-0.05, 0) is 18.2 Å². The average molecular weight is 482 g/mol.